The van der Waals surface area contributed by atoms with Crippen LogP contribution < -0.4 is 16.4 Å². The molecule has 1 aromatic carbocycles. The number of hydrogen-bond acceptors (Lipinski definition) is 5. The van der Waals surface area contributed by atoms with Gasteiger partial charge in [0.15, 0.2) is 0 Å². The number of amides is 1. The fraction of sp³-hybridized carbons (Fsp3) is 0.389. The summed E-state index contributed by atoms with van der Waals surface area (Å²) < 4.78 is 0. The van der Waals surface area contributed by atoms with E-state index < -0.39 is 5.91 Å². The first-order valence-electron chi connectivity index (χ1n) is 8.29. The van der Waals surface area contributed by atoms with Gasteiger partial charge < -0.3 is 16.4 Å². The van der Waals surface area contributed by atoms with Gasteiger partial charge in [-0.05, 0) is 44.2 Å². The van der Waals surface area contributed by atoms with Gasteiger partial charge in [0.25, 0.3) is 5.91 Å². The van der Waals surface area contributed by atoms with Crippen molar-refractivity contribution < 1.29 is 4.79 Å². The molecule has 126 valence electrons. The smallest absolute Gasteiger partial charge is 0.254 e. The van der Waals surface area contributed by atoms with Crippen LogP contribution in [-0.2, 0) is 12.8 Å². The first kappa shape index (κ1) is 16.2. The molecule has 1 aliphatic rings. The van der Waals surface area contributed by atoms with Crippen LogP contribution in [0.15, 0.2) is 30.5 Å². The number of aryl methyl sites for hydroxylation is 1. The number of carbonyl (C=O) groups excluding carboxylic acids is 1. The summed E-state index contributed by atoms with van der Waals surface area (Å²) in [6.45, 7) is 3.97. The maximum Gasteiger partial charge on any atom is 0.254 e. The summed E-state index contributed by atoms with van der Waals surface area (Å²) in [4.78, 5) is 20.2. The molecule has 1 heterocycles. The zero-order chi connectivity index (χ0) is 17.1. The topological polar surface area (TPSA) is 92.9 Å². The average molecular weight is 325 g/mol. The Kier molecular flexibility index (Phi) is 4.64. The number of nitrogens with two attached hydrogens (primary N) is 1. The maximum atomic E-state index is 11.5. The summed E-state index contributed by atoms with van der Waals surface area (Å²) in [6, 6.07) is 8.95. The third-order valence-corrected chi connectivity index (χ3v) is 4.16. The molecule has 0 aliphatic heterocycles. The summed E-state index contributed by atoms with van der Waals surface area (Å²) in [5, 5.41) is 6.54. The van der Waals surface area contributed by atoms with Crippen LogP contribution in [0, 0.1) is 0 Å². The van der Waals surface area contributed by atoms with Crippen molar-refractivity contribution in [3.8, 4) is 0 Å². The first-order valence-corrected chi connectivity index (χ1v) is 8.29. The molecule has 0 saturated carbocycles. The second kappa shape index (κ2) is 6.86. The Balaban J connectivity index is 1.77. The highest BCUT2D eigenvalue weighted by atomic mass is 16.1. The lowest BCUT2D eigenvalue weighted by molar-refractivity contribution is 0.100. The minimum absolute atomic E-state index is 0.146. The van der Waals surface area contributed by atoms with Gasteiger partial charge in [0.1, 0.15) is 5.82 Å². The number of anilines is 2. The van der Waals surface area contributed by atoms with E-state index in [0.29, 0.717) is 17.3 Å². The van der Waals surface area contributed by atoms with Crippen molar-refractivity contribution in [2.75, 3.05) is 10.6 Å². The van der Waals surface area contributed by atoms with Crippen molar-refractivity contribution in [3.05, 3.63) is 47.2 Å². The van der Waals surface area contributed by atoms with Crippen molar-refractivity contribution in [1.82, 2.24) is 9.97 Å². The van der Waals surface area contributed by atoms with E-state index in [9.17, 15) is 4.79 Å². The van der Waals surface area contributed by atoms with Crippen LogP contribution in [0.5, 0.6) is 0 Å². The van der Waals surface area contributed by atoms with Crippen LogP contribution in [0.2, 0.25) is 0 Å². The number of benzene rings is 1. The van der Waals surface area contributed by atoms with Crippen LogP contribution in [0.1, 0.15) is 41.8 Å². The van der Waals surface area contributed by atoms with E-state index in [1.54, 1.807) is 0 Å². The third-order valence-electron chi connectivity index (χ3n) is 4.16. The molecule has 1 aliphatic carbocycles. The molecule has 1 atom stereocenters. The van der Waals surface area contributed by atoms with Gasteiger partial charge in [-0.15, -0.1) is 0 Å². The number of aromatic nitrogens is 2. The SMILES string of the molecule is CC(C)Nc1nc(NC2CCc3ccccc3C2)ncc1C(N)=O. The van der Waals surface area contributed by atoms with Crippen LogP contribution in [0.3, 0.4) is 0 Å². The Bertz CT molecular complexity index is 744. The van der Waals surface area contributed by atoms with Crippen LogP contribution in [0.4, 0.5) is 11.8 Å². The second-order valence-corrected chi connectivity index (χ2v) is 6.47. The van der Waals surface area contributed by atoms with Gasteiger partial charge in [0.05, 0.1) is 5.56 Å². The predicted octanol–water partition coefficient (Wildman–Crippen LogP) is 2.37. The Labute approximate surface area is 141 Å². The predicted molar refractivity (Wildman–Crippen MR) is 95.2 cm³/mol. The monoisotopic (exact) mass is 325 g/mol. The molecular formula is C18H23N5O. The van der Waals surface area contributed by atoms with E-state index in [0.717, 1.165) is 19.3 Å². The quantitative estimate of drug-likeness (QED) is 0.785. The molecule has 1 aromatic heterocycles. The summed E-state index contributed by atoms with van der Waals surface area (Å²) in [6.07, 6.45) is 4.51. The minimum atomic E-state index is -0.531. The van der Waals surface area contributed by atoms with Gasteiger partial charge in [0.2, 0.25) is 5.95 Å². The van der Waals surface area contributed by atoms with Crippen LogP contribution in [-0.4, -0.2) is 28.0 Å². The normalized spacial score (nSPS) is 16.5. The molecule has 0 spiro atoms. The van der Waals surface area contributed by atoms with Crippen molar-refractivity contribution in [2.45, 2.75) is 45.2 Å². The molecule has 6 nitrogen and oxygen atoms in total. The lowest BCUT2D eigenvalue weighted by Crippen LogP contribution is -2.29. The van der Waals surface area contributed by atoms with Gasteiger partial charge >= 0.3 is 0 Å². The van der Waals surface area contributed by atoms with E-state index in [1.807, 2.05) is 13.8 Å². The largest absolute Gasteiger partial charge is 0.367 e. The van der Waals surface area contributed by atoms with Crippen LogP contribution >= 0.6 is 0 Å². The molecular weight excluding hydrogens is 302 g/mol. The zero-order valence-electron chi connectivity index (χ0n) is 14.0. The number of fused-ring (bicyclic) bond motifs is 1. The van der Waals surface area contributed by atoms with Gasteiger partial charge in [-0.2, -0.15) is 4.98 Å². The van der Waals surface area contributed by atoms with E-state index in [1.165, 1.54) is 17.3 Å². The van der Waals surface area contributed by atoms with Crippen molar-refractivity contribution in [2.24, 2.45) is 5.73 Å². The molecule has 3 rings (SSSR count). The Morgan fingerprint density at radius 1 is 1.29 bits per heavy atom. The summed E-state index contributed by atoms with van der Waals surface area (Å²) >= 11 is 0. The second-order valence-electron chi connectivity index (χ2n) is 6.47. The molecule has 24 heavy (non-hydrogen) atoms. The number of nitrogens with zero attached hydrogens (tertiary/aromatic N) is 2. The lowest BCUT2D eigenvalue weighted by Gasteiger charge is -2.25. The highest BCUT2D eigenvalue weighted by molar-refractivity contribution is 5.97. The maximum absolute atomic E-state index is 11.5. The third kappa shape index (κ3) is 3.64. The number of primary amides is 1. The van der Waals surface area contributed by atoms with E-state index in [2.05, 4.69) is 44.9 Å². The fourth-order valence-corrected chi connectivity index (χ4v) is 3.02. The summed E-state index contributed by atoms with van der Waals surface area (Å²) in [5.41, 5.74) is 8.50. The Hall–Kier alpha value is -2.63. The minimum Gasteiger partial charge on any atom is -0.367 e. The average Bonchev–Trinajstić information content (AvgIpc) is 2.54. The number of rotatable bonds is 5. The van der Waals surface area contributed by atoms with Gasteiger partial charge in [0, 0.05) is 18.3 Å². The molecule has 0 saturated heterocycles. The van der Waals surface area contributed by atoms with Crippen molar-refractivity contribution >= 4 is 17.7 Å². The highest BCUT2D eigenvalue weighted by Crippen LogP contribution is 2.23. The molecule has 0 fully saturated rings. The lowest BCUT2D eigenvalue weighted by atomic mass is 9.88. The summed E-state index contributed by atoms with van der Waals surface area (Å²) in [7, 11) is 0. The summed E-state index contributed by atoms with van der Waals surface area (Å²) in [5.74, 6) is 0.468. The van der Waals surface area contributed by atoms with E-state index in [-0.39, 0.29) is 12.1 Å². The Morgan fingerprint density at radius 3 is 2.75 bits per heavy atom. The first-order chi connectivity index (χ1) is 11.5. The number of hydrogen-bond donors (Lipinski definition) is 3. The van der Waals surface area contributed by atoms with Crippen LogP contribution in [0.25, 0.3) is 0 Å². The Morgan fingerprint density at radius 2 is 2.04 bits per heavy atom. The molecule has 0 radical (unpaired) electrons. The standard InChI is InChI=1S/C18H23N5O/c1-11(2)21-17-15(16(19)24)10-20-18(23-17)22-14-8-7-12-5-3-4-6-13(12)9-14/h3-6,10-11,14H,7-9H2,1-2H3,(H2,19,24)(H2,20,21,22,23). The molecule has 4 N–H and O–H groups in total. The fourth-order valence-electron chi connectivity index (χ4n) is 3.02. The number of nitrogens with one attached hydrogen (secondary N) is 2. The molecule has 0 bridgehead atoms. The van der Waals surface area contributed by atoms with E-state index in [4.69, 9.17) is 5.73 Å². The molecule has 6 heteroatoms. The van der Waals surface area contributed by atoms with Gasteiger partial charge in [-0.25, -0.2) is 4.98 Å². The number of carbonyl (C=O) groups is 1. The zero-order valence-corrected chi connectivity index (χ0v) is 14.0. The van der Waals surface area contributed by atoms with E-state index >= 15 is 0 Å². The van der Waals surface area contributed by atoms with Gasteiger partial charge in [-0.3, -0.25) is 4.79 Å². The molecule has 2 aromatic rings. The van der Waals surface area contributed by atoms with Crippen molar-refractivity contribution in [1.29, 1.82) is 0 Å². The molecule has 1 amide bonds. The van der Waals surface area contributed by atoms with Crippen molar-refractivity contribution in [3.63, 3.8) is 0 Å². The molecule has 1 unspecified atom stereocenters. The highest BCUT2D eigenvalue weighted by Gasteiger charge is 2.20. The van der Waals surface area contributed by atoms with Gasteiger partial charge in [-0.1, -0.05) is 24.3 Å².